The number of carbonyl (C=O) groups is 1. The van der Waals surface area contributed by atoms with Crippen molar-refractivity contribution < 1.29 is 9.21 Å². The van der Waals surface area contributed by atoms with Crippen molar-refractivity contribution in [1.82, 2.24) is 20.0 Å². The lowest BCUT2D eigenvalue weighted by molar-refractivity contribution is -0.130. The van der Waals surface area contributed by atoms with Gasteiger partial charge in [-0.1, -0.05) is 0 Å². The number of carbonyl (C=O) groups excluding carboxylic acids is 1. The van der Waals surface area contributed by atoms with Gasteiger partial charge in [0.15, 0.2) is 5.96 Å². The van der Waals surface area contributed by atoms with E-state index in [-0.39, 0.29) is 11.9 Å². The first-order chi connectivity index (χ1) is 12.7. The van der Waals surface area contributed by atoms with E-state index in [1.165, 1.54) is 12.8 Å². The molecule has 0 saturated carbocycles. The summed E-state index contributed by atoms with van der Waals surface area (Å²) in [6.07, 6.45) is 4.23. The van der Waals surface area contributed by atoms with Crippen molar-refractivity contribution in [3.63, 3.8) is 0 Å². The van der Waals surface area contributed by atoms with Crippen molar-refractivity contribution in [3.8, 4) is 0 Å². The van der Waals surface area contributed by atoms with Gasteiger partial charge in [-0.05, 0) is 45.0 Å². The second kappa shape index (κ2) is 9.07. The van der Waals surface area contributed by atoms with Crippen molar-refractivity contribution in [3.05, 3.63) is 24.2 Å². The number of rotatable bonds is 5. The molecule has 7 heteroatoms. The van der Waals surface area contributed by atoms with Crippen LogP contribution in [0.2, 0.25) is 0 Å². The predicted octanol–water partition coefficient (Wildman–Crippen LogP) is 1.55. The maximum atomic E-state index is 11.5. The third kappa shape index (κ3) is 4.58. The number of guanidine groups is 1. The molecule has 1 unspecified atom stereocenters. The number of nitrogens with one attached hydrogen (secondary N) is 1. The topological polar surface area (TPSA) is 64.3 Å². The highest BCUT2D eigenvalue weighted by atomic mass is 16.3. The summed E-state index contributed by atoms with van der Waals surface area (Å²) in [4.78, 5) is 23.1. The third-order valence-electron chi connectivity index (χ3n) is 5.23. The number of likely N-dealkylation sites (tertiary alicyclic amines) is 1. The molecule has 0 aromatic carbocycles. The fourth-order valence-corrected chi connectivity index (χ4v) is 3.75. The lowest BCUT2D eigenvalue weighted by atomic mass is 10.2. The van der Waals surface area contributed by atoms with E-state index in [9.17, 15) is 4.79 Å². The number of aliphatic imine (C=N–C) groups is 1. The molecule has 3 heterocycles. The second-order valence-corrected chi connectivity index (χ2v) is 6.96. The summed E-state index contributed by atoms with van der Waals surface area (Å²) in [5.41, 5.74) is 0. The molecule has 2 saturated heterocycles. The summed E-state index contributed by atoms with van der Waals surface area (Å²) >= 11 is 0. The van der Waals surface area contributed by atoms with Crippen LogP contribution in [-0.4, -0.2) is 78.9 Å². The number of piperazine rings is 1. The monoisotopic (exact) mass is 361 g/mol. The number of furan rings is 1. The van der Waals surface area contributed by atoms with Gasteiger partial charge in [0, 0.05) is 39.6 Å². The zero-order valence-electron chi connectivity index (χ0n) is 16.0. The third-order valence-corrected chi connectivity index (χ3v) is 5.23. The van der Waals surface area contributed by atoms with Gasteiger partial charge >= 0.3 is 0 Å². The first kappa shape index (κ1) is 18.8. The van der Waals surface area contributed by atoms with Crippen molar-refractivity contribution >= 4 is 11.9 Å². The van der Waals surface area contributed by atoms with Crippen LogP contribution in [0.1, 0.15) is 38.5 Å². The number of hydrogen-bond donors (Lipinski definition) is 1. The van der Waals surface area contributed by atoms with Crippen LogP contribution >= 0.6 is 0 Å². The average Bonchev–Trinajstić information content (AvgIpc) is 3.36. The summed E-state index contributed by atoms with van der Waals surface area (Å²) in [7, 11) is 0. The SMILES string of the molecule is CCNC(=NCC(c1ccco1)N1CCCC1)N1CCN(C(C)=O)CC1. The normalized spacial score (nSPS) is 20.5. The molecule has 2 fully saturated rings. The Bertz CT molecular complexity index is 587. The zero-order valence-corrected chi connectivity index (χ0v) is 16.0. The minimum absolute atomic E-state index is 0.151. The van der Waals surface area contributed by atoms with Crippen molar-refractivity contribution in [1.29, 1.82) is 0 Å². The van der Waals surface area contributed by atoms with Crippen molar-refractivity contribution in [2.24, 2.45) is 4.99 Å². The summed E-state index contributed by atoms with van der Waals surface area (Å²) in [6.45, 7) is 10.6. The van der Waals surface area contributed by atoms with Gasteiger partial charge in [0.05, 0.1) is 18.8 Å². The fraction of sp³-hybridized carbons (Fsp3) is 0.684. The molecule has 1 N–H and O–H groups in total. The molecular formula is C19H31N5O2. The maximum absolute atomic E-state index is 11.5. The number of amides is 1. The van der Waals surface area contributed by atoms with Crippen molar-refractivity contribution in [2.75, 3.05) is 52.4 Å². The van der Waals surface area contributed by atoms with E-state index in [2.05, 4.69) is 28.1 Å². The summed E-state index contributed by atoms with van der Waals surface area (Å²) in [5.74, 6) is 2.08. The van der Waals surface area contributed by atoms with E-state index in [1.807, 2.05) is 11.0 Å². The van der Waals surface area contributed by atoms with Gasteiger partial charge in [0.1, 0.15) is 5.76 Å². The standard InChI is InChI=1S/C19H31N5O2/c1-3-20-19(24-12-10-22(11-13-24)16(2)25)21-15-17(18-7-6-14-26-18)23-8-4-5-9-23/h6-7,14,17H,3-5,8-13,15H2,1-2H3,(H,20,21). The highest BCUT2D eigenvalue weighted by Gasteiger charge is 2.26. The maximum Gasteiger partial charge on any atom is 0.219 e. The lowest BCUT2D eigenvalue weighted by Crippen LogP contribution is -2.53. The Morgan fingerprint density at radius 2 is 1.88 bits per heavy atom. The van der Waals surface area contributed by atoms with Crippen LogP contribution < -0.4 is 5.32 Å². The van der Waals surface area contributed by atoms with Gasteiger partial charge in [-0.25, -0.2) is 0 Å². The minimum Gasteiger partial charge on any atom is -0.468 e. The quantitative estimate of drug-likeness (QED) is 0.637. The van der Waals surface area contributed by atoms with Gasteiger partial charge < -0.3 is 19.5 Å². The molecular weight excluding hydrogens is 330 g/mol. The molecule has 0 spiro atoms. The first-order valence-corrected chi connectivity index (χ1v) is 9.75. The predicted molar refractivity (Wildman–Crippen MR) is 102 cm³/mol. The fourth-order valence-electron chi connectivity index (χ4n) is 3.75. The average molecular weight is 361 g/mol. The van der Waals surface area contributed by atoms with E-state index < -0.39 is 0 Å². The molecule has 1 amide bonds. The van der Waals surface area contributed by atoms with Crippen LogP contribution in [0.25, 0.3) is 0 Å². The van der Waals surface area contributed by atoms with Crippen LogP contribution in [0.4, 0.5) is 0 Å². The molecule has 144 valence electrons. The first-order valence-electron chi connectivity index (χ1n) is 9.75. The molecule has 0 aliphatic carbocycles. The van der Waals surface area contributed by atoms with E-state index in [1.54, 1.807) is 13.2 Å². The van der Waals surface area contributed by atoms with Gasteiger partial charge in [-0.2, -0.15) is 0 Å². The van der Waals surface area contributed by atoms with Crippen LogP contribution in [0.15, 0.2) is 27.8 Å². The minimum atomic E-state index is 0.151. The van der Waals surface area contributed by atoms with E-state index in [0.29, 0.717) is 6.54 Å². The van der Waals surface area contributed by atoms with Crippen LogP contribution in [0, 0.1) is 0 Å². The van der Waals surface area contributed by atoms with Crippen molar-refractivity contribution in [2.45, 2.75) is 32.7 Å². The van der Waals surface area contributed by atoms with Gasteiger partial charge in [0.2, 0.25) is 5.91 Å². The van der Waals surface area contributed by atoms with Gasteiger partial charge in [0.25, 0.3) is 0 Å². The zero-order chi connectivity index (χ0) is 18.4. The highest BCUT2D eigenvalue weighted by molar-refractivity contribution is 5.80. The lowest BCUT2D eigenvalue weighted by Gasteiger charge is -2.36. The number of nitrogens with zero attached hydrogens (tertiary/aromatic N) is 4. The van der Waals surface area contributed by atoms with E-state index >= 15 is 0 Å². The molecule has 7 nitrogen and oxygen atoms in total. The molecule has 2 aliphatic rings. The highest BCUT2D eigenvalue weighted by Crippen LogP contribution is 2.25. The second-order valence-electron chi connectivity index (χ2n) is 6.96. The Kier molecular flexibility index (Phi) is 6.55. The Labute approximate surface area is 156 Å². The molecule has 1 aromatic rings. The van der Waals surface area contributed by atoms with Crippen LogP contribution in [0.5, 0.6) is 0 Å². The molecule has 0 bridgehead atoms. The van der Waals surface area contributed by atoms with Gasteiger partial charge in [-0.15, -0.1) is 0 Å². The molecule has 0 radical (unpaired) electrons. The molecule has 1 atom stereocenters. The molecule has 2 aliphatic heterocycles. The Hall–Kier alpha value is -2.02. The van der Waals surface area contributed by atoms with E-state index in [4.69, 9.17) is 9.41 Å². The number of hydrogen-bond acceptors (Lipinski definition) is 4. The molecule has 26 heavy (non-hydrogen) atoms. The van der Waals surface area contributed by atoms with Crippen LogP contribution in [-0.2, 0) is 4.79 Å². The summed E-state index contributed by atoms with van der Waals surface area (Å²) in [6, 6.07) is 4.20. The Morgan fingerprint density at radius 1 is 1.19 bits per heavy atom. The Balaban J connectivity index is 1.68. The van der Waals surface area contributed by atoms with Gasteiger partial charge in [-0.3, -0.25) is 14.7 Å². The molecule has 1 aromatic heterocycles. The largest absolute Gasteiger partial charge is 0.468 e. The Morgan fingerprint density at radius 3 is 2.46 bits per heavy atom. The van der Waals surface area contributed by atoms with E-state index in [0.717, 1.165) is 57.5 Å². The molecule has 3 rings (SSSR count). The summed E-state index contributed by atoms with van der Waals surface area (Å²) in [5, 5.41) is 3.41. The smallest absolute Gasteiger partial charge is 0.219 e. The summed E-state index contributed by atoms with van der Waals surface area (Å²) < 4.78 is 5.70. The van der Waals surface area contributed by atoms with Crippen LogP contribution in [0.3, 0.4) is 0 Å².